The molecular weight excluding hydrogens is 367 g/mol. The molecule has 0 amide bonds. The Balaban J connectivity index is 0.00000169. The van der Waals surface area contributed by atoms with Crippen molar-refractivity contribution in [1.82, 2.24) is 0 Å². The van der Waals surface area contributed by atoms with Crippen LogP contribution in [0.3, 0.4) is 0 Å². The maximum absolute atomic E-state index is 2.50. The summed E-state index contributed by atoms with van der Waals surface area (Å²) >= 11 is 0. The Kier molecular flexibility index (Phi) is 5.60. The van der Waals surface area contributed by atoms with Crippen molar-refractivity contribution in [2.75, 3.05) is 0 Å². The number of aryl methyl sites for hydroxylation is 2. The van der Waals surface area contributed by atoms with Crippen LogP contribution < -0.4 is 0 Å². The van der Waals surface area contributed by atoms with E-state index in [0.29, 0.717) is 0 Å². The first-order chi connectivity index (χ1) is 11.2. The van der Waals surface area contributed by atoms with Gasteiger partial charge in [-0.2, -0.15) is 0 Å². The minimum atomic E-state index is 0. The number of rotatable bonds is 3. The predicted molar refractivity (Wildman–Crippen MR) is 99.6 cm³/mol. The van der Waals surface area contributed by atoms with Crippen molar-refractivity contribution in [3.05, 3.63) is 64.2 Å². The van der Waals surface area contributed by atoms with Crippen molar-refractivity contribution in [2.45, 2.75) is 52.4 Å². The van der Waals surface area contributed by atoms with E-state index in [2.05, 4.69) is 56.3 Å². The van der Waals surface area contributed by atoms with Gasteiger partial charge >= 0.3 is 0 Å². The summed E-state index contributed by atoms with van der Waals surface area (Å²) in [7, 11) is 0. The molecule has 2 aliphatic rings. The molecule has 1 saturated carbocycles. The fourth-order valence-corrected chi connectivity index (χ4v) is 4.54. The average Bonchev–Trinajstić information content (AvgIpc) is 3.14. The second kappa shape index (κ2) is 7.53. The van der Waals surface area contributed by atoms with Crippen LogP contribution >= 0.6 is 0 Å². The molecule has 2 aromatic carbocycles. The van der Waals surface area contributed by atoms with Gasteiger partial charge in [0.15, 0.2) is 0 Å². The molecule has 0 spiro atoms. The number of allylic oxidation sites excluding steroid dienone is 1. The molecule has 1 fully saturated rings. The third-order valence-corrected chi connectivity index (χ3v) is 5.52. The second-order valence-electron chi connectivity index (χ2n) is 7.59. The van der Waals surface area contributed by atoms with E-state index in [1.807, 2.05) is 0 Å². The van der Waals surface area contributed by atoms with Crippen molar-refractivity contribution >= 4 is 6.08 Å². The Bertz CT molecular complexity index is 743. The maximum atomic E-state index is 2.50. The minimum absolute atomic E-state index is 0. The van der Waals surface area contributed by atoms with Gasteiger partial charge in [0.2, 0.25) is 0 Å². The van der Waals surface area contributed by atoms with Crippen LogP contribution in [0.1, 0.15) is 54.4 Å². The summed E-state index contributed by atoms with van der Waals surface area (Å²) in [5, 5.41) is 0. The predicted octanol–water partition coefficient (Wildman–Crippen LogP) is 6.49. The molecule has 122 valence electrons. The standard InChI is InChI=1S/C23H26.Zr/c1-16-10-17(2)12-21(11-16)22-9-5-8-20-14-19(15-23(20)22)13-18-6-3-4-7-18;/h5,8-12,15,18H,3-4,6-7,13-14H2,1-2H3;. The first-order valence-corrected chi connectivity index (χ1v) is 9.09. The maximum Gasteiger partial charge on any atom is 0 e. The van der Waals surface area contributed by atoms with Crippen molar-refractivity contribution in [2.24, 2.45) is 5.92 Å². The summed E-state index contributed by atoms with van der Waals surface area (Å²) in [6.07, 6.45) is 10.8. The SMILES string of the molecule is Cc1cc(C)cc(-c2cccc3c2C=C(CC2CCCC2)C3)c1.[Zr]. The zero-order chi connectivity index (χ0) is 15.8. The monoisotopic (exact) mass is 392 g/mol. The minimum Gasteiger partial charge on any atom is -0.0649 e. The zero-order valence-electron chi connectivity index (χ0n) is 14.9. The molecule has 0 atom stereocenters. The average molecular weight is 394 g/mol. The fraction of sp³-hybridized carbons (Fsp3) is 0.391. The van der Waals surface area contributed by atoms with E-state index in [0.717, 1.165) is 5.92 Å². The van der Waals surface area contributed by atoms with Gasteiger partial charge in [0.25, 0.3) is 0 Å². The Morgan fingerprint density at radius 1 is 0.958 bits per heavy atom. The van der Waals surface area contributed by atoms with Crippen LogP contribution in [0.25, 0.3) is 17.2 Å². The first-order valence-electron chi connectivity index (χ1n) is 9.09. The van der Waals surface area contributed by atoms with Crippen LogP contribution in [0, 0.1) is 19.8 Å². The van der Waals surface area contributed by atoms with Crippen molar-refractivity contribution in [1.29, 1.82) is 0 Å². The Hall–Kier alpha value is -0.937. The van der Waals surface area contributed by atoms with Crippen LogP contribution in [0.15, 0.2) is 42.0 Å². The molecule has 4 rings (SSSR count). The summed E-state index contributed by atoms with van der Waals surface area (Å²) in [5.41, 5.74) is 10.1. The summed E-state index contributed by atoms with van der Waals surface area (Å²) in [5.74, 6) is 0.945. The van der Waals surface area contributed by atoms with Gasteiger partial charge in [-0.05, 0) is 54.9 Å². The summed E-state index contributed by atoms with van der Waals surface area (Å²) < 4.78 is 0. The molecule has 0 unspecified atom stereocenters. The molecule has 0 aliphatic heterocycles. The third-order valence-electron chi connectivity index (χ3n) is 5.52. The molecule has 0 N–H and O–H groups in total. The summed E-state index contributed by atoms with van der Waals surface area (Å²) in [6.45, 7) is 4.39. The van der Waals surface area contributed by atoms with E-state index in [-0.39, 0.29) is 26.2 Å². The molecule has 0 aromatic heterocycles. The first kappa shape index (κ1) is 17.9. The zero-order valence-corrected chi connectivity index (χ0v) is 17.3. The quantitative estimate of drug-likeness (QED) is 0.559. The topological polar surface area (TPSA) is 0 Å². The van der Waals surface area contributed by atoms with E-state index in [1.54, 1.807) is 5.57 Å². The van der Waals surface area contributed by atoms with Crippen molar-refractivity contribution in [3.63, 3.8) is 0 Å². The number of hydrogen-bond acceptors (Lipinski definition) is 0. The molecule has 2 aliphatic carbocycles. The van der Waals surface area contributed by atoms with E-state index in [9.17, 15) is 0 Å². The molecule has 0 nitrogen and oxygen atoms in total. The van der Waals surface area contributed by atoms with Gasteiger partial charge in [-0.1, -0.05) is 84.9 Å². The third kappa shape index (κ3) is 3.67. The van der Waals surface area contributed by atoms with Gasteiger partial charge in [0.1, 0.15) is 0 Å². The van der Waals surface area contributed by atoms with Crippen LogP contribution in [0.4, 0.5) is 0 Å². The summed E-state index contributed by atoms with van der Waals surface area (Å²) in [4.78, 5) is 0. The molecular formula is C23H26Zr. The normalized spacial score (nSPS) is 16.7. The number of fused-ring (bicyclic) bond motifs is 1. The Morgan fingerprint density at radius 2 is 1.67 bits per heavy atom. The van der Waals surface area contributed by atoms with Crippen LogP contribution in [0.5, 0.6) is 0 Å². The van der Waals surface area contributed by atoms with Gasteiger partial charge in [0, 0.05) is 26.2 Å². The van der Waals surface area contributed by atoms with Gasteiger partial charge < -0.3 is 0 Å². The summed E-state index contributed by atoms with van der Waals surface area (Å²) in [6, 6.07) is 13.8. The number of hydrogen-bond donors (Lipinski definition) is 0. The van der Waals surface area contributed by atoms with E-state index >= 15 is 0 Å². The Labute approximate surface area is 165 Å². The smallest absolute Gasteiger partial charge is 0 e. The van der Waals surface area contributed by atoms with Crippen LogP contribution in [-0.4, -0.2) is 0 Å². The van der Waals surface area contributed by atoms with Crippen LogP contribution in [0.2, 0.25) is 0 Å². The van der Waals surface area contributed by atoms with Gasteiger partial charge in [0.05, 0.1) is 0 Å². The second-order valence-corrected chi connectivity index (χ2v) is 7.59. The van der Waals surface area contributed by atoms with E-state index in [4.69, 9.17) is 0 Å². The van der Waals surface area contributed by atoms with E-state index < -0.39 is 0 Å². The van der Waals surface area contributed by atoms with Crippen LogP contribution in [-0.2, 0) is 32.6 Å². The van der Waals surface area contributed by atoms with Gasteiger partial charge in [-0.3, -0.25) is 0 Å². The molecule has 0 saturated heterocycles. The molecule has 0 radical (unpaired) electrons. The number of benzene rings is 2. The van der Waals surface area contributed by atoms with Crippen molar-refractivity contribution < 1.29 is 26.2 Å². The molecule has 0 heterocycles. The largest absolute Gasteiger partial charge is 0.0649 e. The molecule has 0 bridgehead atoms. The molecule has 2 aromatic rings. The molecule has 1 heteroatoms. The van der Waals surface area contributed by atoms with Crippen molar-refractivity contribution in [3.8, 4) is 11.1 Å². The van der Waals surface area contributed by atoms with E-state index in [1.165, 1.54) is 71.9 Å². The fourth-order valence-electron chi connectivity index (χ4n) is 4.54. The van der Waals surface area contributed by atoms with Gasteiger partial charge in [-0.15, -0.1) is 0 Å². The van der Waals surface area contributed by atoms with Gasteiger partial charge in [-0.25, -0.2) is 0 Å². The molecule has 24 heavy (non-hydrogen) atoms. The Morgan fingerprint density at radius 3 is 2.38 bits per heavy atom.